The second kappa shape index (κ2) is 9.32. The molecule has 0 unspecified atom stereocenters. The predicted molar refractivity (Wildman–Crippen MR) is 120 cm³/mol. The van der Waals surface area contributed by atoms with E-state index in [1.807, 2.05) is 12.1 Å². The van der Waals surface area contributed by atoms with Crippen molar-refractivity contribution < 1.29 is 18.4 Å². The van der Waals surface area contributed by atoms with Gasteiger partial charge in [-0.1, -0.05) is 6.07 Å². The van der Waals surface area contributed by atoms with Gasteiger partial charge in [0.05, 0.1) is 5.69 Å². The van der Waals surface area contributed by atoms with Crippen molar-refractivity contribution in [2.75, 3.05) is 13.1 Å². The highest BCUT2D eigenvalue weighted by molar-refractivity contribution is 5.94. The summed E-state index contributed by atoms with van der Waals surface area (Å²) in [6.07, 6.45) is 6.92. The molecule has 3 heterocycles. The Hall–Kier alpha value is -3.62. The normalized spacial score (nSPS) is 15.9. The van der Waals surface area contributed by atoms with Crippen LogP contribution >= 0.6 is 0 Å². The zero-order valence-electron chi connectivity index (χ0n) is 18.6. The average Bonchev–Trinajstić information content (AvgIpc) is 3.48. The molecule has 2 aromatic heterocycles. The smallest absolute Gasteiger partial charge is 0.274 e. The van der Waals surface area contributed by atoms with Crippen molar-refractivity contribution in [3.8, 4) is 5.69 Å². The maximum atomic E-state index is 13.8. The summed E-state index contributed by atoms with van der Waals surface area (Å²) in [6, 6.07) is 7.38. The molecule has 0 saturated carbocycles. The van der Waals surface area contributed by atoms with Gasteiger partial charge >= 0.3 is 0 Å². The van der Waals surface area contributed by atoms with Gasteiger partial charge < -0.3 is 10.2 Å². The summed E-state index contributed by atoms with van der Waals surface area (Å²) in [5.41, 5.74) is 3.47. The summed E-state index contributed by atoms with van der Waals surface area (Å²) in [5, 5.41) is 7.47. The zero-order chi connectivity index (χ0) is 23.7. The van der Waals surface area contributed by atoms with E-state index < -0.39 is 11.6 Å². The number of hydrogen-bond donors (Lipinski definition) is 1. The first-order valence-corrected chi connectivity index (χ1v) is 11.5. The Morgan fingerprint density at radius 3 is 2.65 bits per heavy atom. The molecule has 0 radical (unpaired) electrons. The van der Waals surface area contributed by atoms with Crippen molar-refractivity contribution in [3.05, 3.63) is 76.9 Å². The fourth-order valence-electron chi connectivity index (χ4n) is 4.77. The number of carbonyl (C=O) groups excluding carboxylic acids is 2. The molecule has 34 heavy (non-hydrogen) atoms. The Kier molecular flexibility index (Phi) is 6.08. The van der Waals surface area contributed by atoms with E-state index in [1.165, 1.54) is 6.07 Å². The maximum Gasteiger partial charge on any atom is 0.274 e. The van der Waals surface area contributed by atoms with Crippen molar-refractivity contribution in [1.82, 2.24) is 25.0 Å². The van der Waals surface area contributed by atoms with Crippen LogP contribution in [0.2, 0.25) is 0 Å². The van der Waals surface area contributed by atoms with Crippen LogP contribution in [0.3, 0.4) is 0 Å². The Morgan fingerprint density at radius 2 is 1.91 bits per heavy atom. The molecule has 1 aromatic carbocycles. The third kappa shape index (κ3) is 4.30. The van der Waals surface area contributed by atoms with Gasteiger partial charge in [-0.15, -0.1) is 0 Å². The van der Waals surface area contributed by atoms with Crippen molar-refractivity contribution in [2.24, 2.45) is 5.92 Å². The largest absolute Gasteiger partial charge is 0.352 e. The number of benzene rings is 1. The van der Waals surface area contributed by atoms with Crippen LogP contribution in [0.5, 0.6) is 0 Å². The van der Waals surface area contributed by atoms with Crippen molar-refractivity contribution in [2.45, 2.75) is 38.6 Å². The van der Waals surface area contributed by atoms with E-state index >= 15 is 0 Å². The van der Waals surface area contributed by atoms with Gasteiger partial charge in [0.25, 0.3) is 5.91 Å². The number of rotatable bonds is 5. The first kappa shape index (κ1) is 22.2. The van der Waals surface area contributed by atoms with E-state index in [-0.39, 0.29) is 17.7 Å². The van der Waals surface area contributed by atoms with E-state index in [1.54, 1.807) is 22.0 Å². The topological polar surface area (TPSA) is 80.1 Å². The number of carbonyl (C=O) groups is 2. The molecule has 1 aliphatic carbocycles. The summed E-state index contributed by atoms with van der Waals surface area (Å²) >= 11 is 0. The van der Waals surface area contributed by atoms with Crippen LogP contribution in [0.25, 0.3) is 5.69 Å². The molecule has 1 saturated heterocycles. The highest BCUT2D eigenvalue weighted by atomic mass is 19.2. The minimum Gasteiger partial charge on any atom is -0.352 e. The lowest BCUT2D eigenvalue weighted by molar-refractivity contribution is -0.126. The molecule has 1 N–H and O–H groups in total. The van der Waals surface area contributed by atoms with Gasteiger partial charge in [-0.3, -0.25) is 14.6 Å². The Morgan fingerprint density at radius 1 is 1.09 bits per heavy atom. The maximum absolute atomic E-state index is 13.8. The first-order valence-electron chi connectivity index (χ1n) is 11.5. The standard InChI is InChI=1S/C25H25F2N5O2/c26-20-7-6-18(13-21(20)27)32-22-5-1-4-19(22)23(30-32)25(34)31-11-8-17(9-12-31)24(33)29-15-16-3-2-10-28-14-16/h2-3,6-7,10,13-14,17H,1,4-5,8-9,11-12,15H2,(H,29,33). The molecule has 0 bridgehead atoms. The van der Waals surface area contributed by atoms with E-state index in [0.29, 0.717) is 43.9 Å². The molecule has 5 rings (SSSR count). The number of halogens is 2. The van der Waals surface area contributed by atoms with E-state index in [9.17, 15) is 18.4 Å². The summed E-state index contributed by atoms with van der Waals surface area (Å²) in [7, 11) is 0. The molecular weight excluding hydrogens is 440 g/mol. The van der Waals surface area contributed by atoms with Gasteiger partial charge in [0.2, 0.25) is 5.91 Å². The lowest BCUT2D eigenvalue weighted by atomic mass is 9.95. The van der Waals surface area contributed by atoms with E-state index in [2.05, 4.69) is 15.4 Å². The van der Waals surface area contributed by atoms with Gasteiger partial charge in [-0.25, -0.2) is 13.5 Å². The fourth-order valence-corrected chi connectivity index (χ4v) is 4.77. The first-order chi connectivity index (χ1) is 16.5. The number of nitrogens with one attached hydrogen (secondary N) is 1. The number of amides is 2. The lowest BCUT2D eigenvalue weighted by Crippen LogP contribution is -2.43. The van der Waals surface area contributed by atoms with Crippen LogP contribution in [-0.2, 0) is 24.2 Å². The number of hydrogen-bond acceptors (Lipinski definition) is 4. The van der Waals surface area contributed by atoms with Crippen LogP contribution in [0, 0.1) is 17.6 Å². The SMILES string of the molecule is O=C(NCc1cccnc1)C1CCN(C(=O)c2nn(-c3ccc(F)c(F)c3)c3c2CCC3)CC1. The molecule has 1 fully saturated rings. The molecule has 2 aliphatic rings. The molecule has 7 nitrogen and oxygen atoms in total. The van der Waals surface area contributed by atoms with Gasteiger partial charge in [0.15, 0.2) is 17.3 Å². The predicted octanol–water partition coefficient (Wildman–Crippen LogP) is 3.20. The van der Waals surface area contributed by atoms with Crippen molar-refractivity contribution in [3.63, 3.8) is 0 Å². The highest BCUT2D eigenvalue weighted by Gasteiger charge is 2.33. The van der Waals surface area contributed by atoms with Crippen LogP contribution in [0.1, 0.15) is 46.6 Å². The highest BCUT2D eigenvalue weighted by Crippen LogP contribution is 2.30. The monoisotopic (exact) mass is 465 g/mol. The molecule has 3 aromatic rings. The zero-order valence-corrected chi connectivity index (χ0v) is 18.6. The second-order valence-electron chi connectivity index (χ2n) is 8.78. The number of pyridine rings is 1. The molecule has 2 amide bonds. The Balaban J connectivity index is 1.25. The van der Waals surface area contributed by atoms with Gasteiger partial charge in [-0.2, -0.15) is 5.10 Å². The van der Waals surface area contributed by atoms with E-state index in [4.69, 9.17) is 0 Å². The third-order valence-corrected chi connectivity index (χ3v) is 6.62. The second-order valence-corrected chi connectivity index (χ2v) is 8.78. The van der Waals surface area contributed by atoms with Crippen LogP contribution in [0.15, 0.2) is 42.7 Å². The minimum atomic E-state index is -0.948. The number of nitrogens with zero attached hydrogens (tertiary/aromatic N) is 4. The van der Waals surface area contributed by atoms with Crippen molar-refractivity contribution in [1.29, 1.82) is 0 Å². The Bertz CT molecular complexity index is 1220. The molecule has 176 valence electrons. The number of aromatic nitrogens is 3. The van der Waals surface area contributed by atoms with Gasteiger partial charge in [0.1, 0.15) is 0 Å². The third-order valence-electron chi connectivity index (χ3n) is 6.62. The summed E-state index contributed by atoms with van der Waals surface area (Å²) in [6.45, 7) is 1.37. The van der Waals surface area contributed by atoms with Gasteiger partial charge in [0, 0.05) is 55.3 Å². The lowest BCUT2D eigenvalue weighted by Gasteiger charge is -2.31. The molecule has 1 aliphatic heterocycles. The average molecular weight is 466 g/mol. The molecule has 0 atom stereocenters. The van der Waals surface area contributed by atoms with E-state index in [0.717, 1.165) is 48.2 Å². The number of likely N-dealkylation sites (tertiary alicyclic amines) is 1. The quantitative estimate of drug-likeness (QED) is 0.628. The van der Waals surface area contributed by atoms with Crippen LogP contribution in [-0.4, -0.2) is 44.6 Å². The number of piperidine rings is 1. The summed E-state index contributed by atoms with van der Waals surface area (Å²) < 4.78 is 28.8. The fraction of sp³-hybridized carbons (Fsp3) is 0.360. The van der Waals surface area contributed by atoms with Crippen molar-refractivity contribution >= 4 is 11.8 Å². The summed E-state index contributed by atoms with van der Waals surface area (Å²) in [4.78, 5) is 31.7. The molecular formula is C25H25F2N5O2. The van der Waals surface area contributed by atoms with Crippen LogP contribution in [0.4, 0.5) is 8.78 Å². The number of fused-ring (bicyclic) bond motifs is 1. The molecule has 9 heteroatoms. The van der Waals surface area contributed by atoms with Crippen LogP contribution < -0.4 is 5.32 Å². The van der Waals surface area contributed by atoms with Gasteiger partial charge in [-0.05, 0) is 55.9 Å². The Labute approximate surface area is 195 Å². The minimum absolute atomic E-state index is 0.0144. The summed E-state index contributed by atoms with van der Waals surface area (Å²) in [5.74, 6) is -2.20. The molecule has 0 spiro atoms.